The van der Waals surface area contributed by atoms with Crippen molar-refractivity contribution in [1.82, 2.24) is 4.98 Å². The van der Waals surface area contributed by atoms with Crippen LogP contribution in [-0.4, -0.2) is 17.3 Å². The van der Waals surface area contributed by atoms with Crippen LogP contribution in [0.1, 0.15) is 25.7 Å². The van der Waals surface area contributed by atoms with Crippen molar-refractivity contribution in [2.75, 3.05) is 12.4 Å². The molecule has 4 aromatic rings. The zero-order valence-electron chi connectivity index (χ0n) is 15.8. The fourth-order valence-corrected chi connectivity index (χ4v) is 5.05. The van der Waals surface area contributed by atoms with Crippen LogP contribution < -0.4 is 10.4 Å². The molecule has 0 aliphatic rings. The normalized spacial score (nSPS) is 11.3. The zero-order chi connectivity index (χ0) is 19.9. The number of ether oxygens (including phenoxy) is 1. The molecule has 0 spiro atoms. The predicted molar refractivity (Wildman–Crippen MR) is 119 cm³/mol. The first kappa shape index (κ1) is 19.9. The highest BCUT2D eigenvalue weighted by Gasteiger charge is 2.14. The van der Waals surface area contributed by atoms with E-state index >= 15 is 0 Å². The Kier molecular flexibility index (Phi) is 6.79. The van der Waals surface area contributed by atoms with Crippen LogP contribution in [-0.2, 0) is 0 Å². The standard InChI is InChI=1S/C22H21NO4S2/c24-19-9-8-16-15-17-10-13-26-20(17)22(21(16)27-19)25-12-5-1-2-6-14-28-29-18-7-3-4-11-23-18/h3-4,7-11,13,15H,1-2,5-6,12,14H2. The summed E-state index contributed by atoms with van der Waals surface area (Å²) in [5.41, 5.74) is 0.673. The van der Waals surface area contributed by atoms with Gasteiger partial charge in [0, 0.05) is 28.8 Å². The number of rotatable bonds is 10. The van der Waals surface area contributed by atoms with Crippen LogP contribution in [0.2, 0.25) is 0 Å². The van der Waals surface area contributed by atoms with Crippen molar-refractivity contribution < 1.29 is 13.6 Å². The highest BCUT2D eigenvalue weighted by Crippen LogP contribution is 2.35. The van der Waals surface area contributed by atoms with Gasteiger partial charge in [-0.1, -0.05) is 29.7 Å². The Morgan fingerprint density at radius 2 is 1.86 bits per heavy atom. The van der Waals surface area contributed by atoms with Gasteiger partial charge >= 0.3 is 5.63 Å². The Labute approximate surface area is 176 Å². The molecule has 3 heterocycles. The number of pyridine rings is 1. The quantitative estimate of drug-likeness (QED) is 0.167. The van der Waals surface area contributed by atoms with Crippen LogP contribution in [0.25, 0.3) is 21.9 Å². The van der Waals surface area contributed by atoms with E-state index < -0.39 is 5.63 Å². The first-order chi connectivity index (χ1) is 14.3. The third-order valence-electron chi connectivity index (χ3n) is 4.43. The lowest BCUT2D eigenvalue weighted by Crippen LogP contribution is -2.01. The number of aromatic nitrogens is 1. The summed E-state index contributed by atoms with van der Waals surface area (Å²) in [5.74, 6) is 1.62. The average Bonchev–Trinajstić information content (AvgIpc) is 3.21. The first-order valence-electron chi connectivity index (χ1n) is 9.58. The van der Waals surface area contributed by atoms with Crippen LogP contribution in [0.5, 0.6) is 5.75 Å². The maximum atomic E-state index is 11.6. The van der Waals surface area contributed by atoms with E-state index in [-0.39, 0.29) is 0 Å². The summed E-state index contributed by atoms with van der Waals surface area (Å²) in [5, 5.41) is 2.82. The highest BCUT2D eigenvalue weighted by atomic mass is 33.1. The SMILES string of the molecule is O=c1ccc2cc3ccoc3c(OCCCCCCSSc3ccccn3)c2o1. The molecule has 7 heteroatoms. The number of furan rings is 1. The van der Waals surface area contributed by atoms with Gasteiger partial charge in [0.25, 0.3) is 0 Å². The van der Waals surface area contributed by atoms with E-state index in [1.807, 2.05) is 47.3 Å². The van der Waals surface area contributed by atoms with Crippen LogP contribution in [0.15, 0.2) is 73.6 Å². The van der Waals surface area contributed by atoms with Crippen LogP contribution >= 0.6 is 21.6 Å². The summed E-state index contributed by atoms with van der Waals surface area (Å²) in [6.07, 6.45) is 7.78. The predicted octanol–water partition coefficient (Wildman–Crippen LogP) is 6.31. The molecular formula is C22H21NO4S2. The summed E-state index contributed by atoms with van der Waals surface area (Å²) in [6.45, 7) is 0.559. The van der Waals surface area contributed by atoms with Crippen molar-refractivity contribution in [3.63, 3.8) is 0 Å². The number of unbranched alkanes of at least 4 members (excludes halogenated alkanes) is 3. The summed E-state index contributed by atoms with van der Waals surface area (Å²) in [4.78, 5) is 15.9. The summed E-state index contributed by atoms with van der Waals surface area (Å²) >= 11 is 0. The van der Waals surface area contributed by atoms with E-state index in [9.17, 15) is 4.79 Å². The van der Waals surface area contributed by atoms with Gasteiger partial charge in [-0.25, -0.2) is 9.78 Å². The second kappa shape index (κ2) is 9.89. The summed E-state index contributed by atoms with van der Waals surface area (Å²) < 4.78 is 16.9. The number of hydrogen-bond donors (Lipinski definition) is 0. The van der Waals surface area contributed by atoms with Gasteiger partial charge in [-0.3, -0.25) is 0 Å². The molecule has 5 nitrogen and oxygen atoms in total. The van der Waals surface area contributed by atoms with Crippen molar-refractivity contribution in [1.29, 1.82) is 0 Å². The molecule has 0 atom stereocenters. The number of fused-ring (bicyclic) bond motifs is 2. The molecule has 0 aliphatic carbocycles. The fourth-order valence-electron chi connectivity index (χ4n) is 3.03. The Hall–Kier alpha value is -2.38. The van der Waals surface area contributed by atoms with Gasteiger partial charge in [0.2, 0.25) is 5.75 Å². The Morgan fingerprint density at radius 1 is 0.966 bits per heavy atom. The minimum absolute atomic E-state index is 0.394. The first-order valence-corrected chi connectivity index (χ1v) is 11.9. The second-order valence-corrected chi connectivity index (χ2v) is 8.99. The fraction of sp³-hybridized carbons (Fsp3) is 0.273. The molecule has 0 amide bonds. The minimum Gasteiger partial charge on any atom is -0.486 e. The van der Waals surface area contributed by atoms with E-state index in [0.717, 1.165) is 47.2 Å². The Balaban J connectivity index is 1.23. The maximum Gasteiger partial charge on any atom is 0.336 e. The molecule has 0 unspecified atom stereocenters. The van der Waals surface area contributed by atoms with E-state index in [1.165, 1.54) is 6.07 Å². The van der Waals surface area contributed by atoms with Gasteiger partial charge in [-0.15, -0.1) is 0 Å². The van der Waals surface area contributed by atoms with Crippen molar-refractivity contribution in [2.24, 2.45) is 0 Å². The number of nitrogens with zero attached hydrogens (tertiary/aromatic N) is 1. The number of benzene rings is 1. The van der Waals surface area contributed by atoms with Gasteiger partial charge in [0.15, 0.2) is 11.2 Å². The molecular weight excluding hydrogens is 406 g/mol. The topological polar surface area (TPSA) is 65.5 Å². The van der Waals surface area contributed by atoms with E-state index in [2.05, 4.69) is 4.98 Å². The molecule has 1 aromatic carbocycles. The van der Waals surface area contributed by atoms with Gasteiger partial charge in [-0.05, 0) is 54.0 Å². The second-order valence-electron chi connectivity index (χ2n) is 6.55. The molecule has 3 aromatic heterocycles. The summed E-state index contributed by atoms with van der Waals surface area (Å²) in [6, 6.07) is 13.0. The molecule has 0 bridgehead atoms. The molecule has 0 fully saturated rings. The molecule has 0 saturated carbocycles. The van der Waals surface area contributed by atoms with Crippen molar-refractivity contribution >= 4 is 43.5 Å². The van der Waals surface area contributed by atoms with E-state index in [4.69, 9.17) is 13.6 Å². The van der Waals surface area contributed by atoms with Crippen LogP contribution in [0.3, 0.4) is 0 Å². The molecule has 0 saturated heterocycles. The molecule has 0 radical (unpaired) electrons. The molecule has 0 N–H and O–H groups in total. The van der Waals surface area contributed by atoms with Crippen molar-refractivity contribution in [2.45, 2.75) is 30.7 Å². The Morgan fingerprint density at radius 3 is 2.76 bits per heavy atom. The lowest BCUT2D eigenvalue weighted by Gasteiger charge is -2.09. The van der Waals surface area contributed by atoms with Gasteiger partial charge in [-0.2, -0.15) is 0 Å². The van der Waals surface area contributed by atoms with Gasteiger partial charge in [0.1, 0.15) is 5.03 Å². The monoisotopic (exact) mass is 427 g/mol. The van der Waals surface area contributed by atoms with Crippen molar-refractivity contribution in [3.8, 4) is 5.75 Å². The average molecular weight is 428 g/mol. The number of hydrogen-bond acceptors (Lipinski definition) is 7. The third kappa shape index (κ3) is 5.16. The van der Waals surface area contributed by atoms with E-state index in [0.29, 0.717) is 23.5 Å². The molecule has 150 valence electrons. The summed E-state index contributed by atoms with van der Waals surface area (Å²) in [7, 11) is 3.57. The van der Waals surface area contributed by atoms with E-state index in [1.54, 1.807) is 23.1 Å². The minimum atomic E-state index is -0.394. The largest absolute Gasteiger partial charge is 0.486 e. The lowest BCUT2D eigenvalue weighted by molar-refractivity contribution is 0.302. The Bertz CT molecular complexity index is 1120. The van der Waals surface area contributed by atoms with Crippen LogP contribution in [0, 0.1) is 0 Å². The third-order valence-corrected chi connectivity index (χ3v) is 6.78. The molecule has 0 aliphatic heterocycles. The highest BCUT2D eigenvalue weighted by molar-refractivity contribution is 8.76. The molecule has 4 rings (SSSR count). The maximum absolute atomic E-state index is 11.6. The van der Waals surface area contributed by atoms with Crippen molar-refractivity contribution in [3.05, 3.63) is 65.3 Å². The molecule has 29 heavy (non-hydrogen) atoms. The van der Waals surface area contributed by atoms with Gasteiger partial charge < -0.3 is 13.6 Å². The van der Waals surface area contributed by atoms with Crippen LogP contribution in [0.4, 0.5) is 0 Å². The lowest BCUT2D eigenvalue weighted by atomic mass is 10.1. The zero-order valence-corrected chi connectivity index (χ0v) is 17.5. The van der Waals surface area contributed by atoms with Gasteiger partial charge in [0.05, 0.1) is 12.9 Å². The smallest absolute Gasteiger partial charge is 0.336 e.